The van der Waals surface area contributed by atoms with Crippen LogP contribution in [0, 0.1) is 5.41 Å². The first-order valence-corrected chi connectivity index (χ1v) is 6.23. The first-order chi connectivity index (χ1) is 7.83. The topological polar surface area (TPSA) is 29.5 Å². The summed E-state index contributed by atoms with van der Waals surface area (Å²) in [4.78, 5) is 0. The van der Waals surface area contributed by atoms with Gasteiger partial charge in [0.2, 0.25) is 0 Å². The summed E-state index contributed by atoms with van der Waals surface area (Å²) in [5, 5.41) is 10.6. The molecule has 0 spiro atoms. The van der Waals surface area contributed by atoms with E-state index in [0.29, 0.717) is 10.8 Å². The average Bonchev–Trinajstić information content (AvgIpc) is 2.24. The Morgan fingerprint density at radius 2 is 2.00 bits per heavy atom. The number of aliphatic hydroxyl groups is 1. The normalized spacial score (nSPS) is 13.5. The first-order valence-electron chi connectivity index (χ1n) is 5.85. The zero-order chi connectivity index (χ0) is 13.1. The van der Waals surface area contributed by atoms with Crippen LogP contribution in [0.25, 0.3) is 0 Å². The van der Waals surface area contributed by atoms with Crippen LogP contribution in [-0.4, -0.2) is 12.2 Å². The average molecular weight is 257 g/mol. The van der Waals surface area contributed by atoms with Gasteiger partial charge in [0.15, 0.2) is 0 Å². The van der Waals surface area contributed by atoms with Gasteiger partial charge in [-0.1, -0.05) is 38.4 Å². The molecule has 1 aromatic carbocycles. The quantitative estimate of drug-likeness (QED) is 0.875. The molecule has 96 valence electrons. The minimum Gasteiger partial charge on any atom is -0.495 e. The number of aliphatic hydroxyl groups excluding tert-OH is 1. The van der Waals surface area contributed by atoms with Crippen molar-refractivity contribution in [3.05, 3.63) is 28.8 Å². The molecule has 0 aliphatic carbocycles. The SMILES string of the molecule is COc1ccc(C(O)CCC(C)(C)C)cc1Cl. The van der Waals surface area contributed by atoms with Crippen molar-refractivity contribution in [3.8, 4) is 5.75 Å². The number of ether oxygens (including phenoxy) is 1. The highest BCUT2D eigenvalue weighted by molar-refractivity contribution is 6.32. The maximum atomic E-state index is 10.1. The van der Waals surface area contributed by atoms with E-state index in [2.05, 4.69) is 20.8 Å². The number of hydrogen-bond donors (Lipinski definition) is 1. The van der Waals surface area contributed by atoms with E-state index in [0.717, 1.165) is 18.4 Å². The fourth-order valence-corrected chi connectivity index (χ4v) is 1.89. The highest BCUT2D eigenvalue weighted by atomic mass is 35.5. The van der Waals surface area contributed by atoms with E-state index in [1.165, 1.54) is 0 Å². The molecule has 0 radical (unpaired) electrons. The molecule has 1 atom stereocenters. The van der Waals surface area contributed by atoms with E-state index in [-0.39, 0.29) is 5.41 Å². The van der Waals surface area contributed by atoms with Crippen molar-refractivity contribution in [3.63, 3.8) is 0 Å². The van der Waals surface area contributed by atoms with E-state index in [9.17, 15) is 5.11 Å². The molecule has 0 saturated carbocycles. The fraction of sp³-hybridized carbons (Fsp3) is 0.571. The third-order valence-corrected chi connectivity index (χ3v) is 3.02. The van der Waals surface area contributed by atoms with Crippen LogP contribution in [0.2, 0.25) is 5.02 Å². The van der Waals surface area contributed by atoms with Crippen molar-refractivity contribution < 1.29 is 9.84 Å². The monoisotopic (exact) mass is 256 g/mol. The van der Waals surface area contributed by atoms with Crippen LogP contribution in [0.1, 0.15) is 45.3 Å². The lowest BCUT2D eigenvalue weighted by Gasteiger charge is -2.20. The molecule has 0 saturated heterocycles. The molecular formula is C14H21ClO2. The molecule has 0 aromatic heterocycles. The Bertz CT molecular complexity index is 369. The van der Waals surface area contributed by atoms with Gasteiger partial charge in [-0.25, -0.2) is 0 Å². The Hall–Kier alpha value is -0.730. The third kappa shape index (κ3) is 4.57. The minimum atomic E-state index is -0.461. The summed E-state index contributed by atoms with van der Waals surface area (Å²) in [6.45, 7) is 6.50. The summed E-state index contributed by atoms with van der Waals surface area (Å²) in [5.41, 5.74) is 1.08. The lowest BCUT2D eigenvalue weighted by atomic mass is 9.88. The lowest BCUT2D eigenvalue weighted by molar-refractivity contribution is 0.147. The van der Waals surface area contributed by atoms with Gasteiger partial charge in [-0.05, 0) is 36.0 Å². The predicted molar refractivity (Wildman–Crippen MR) is 71.7 cm³/mol. The zero-order valence-electron chi connectivity index (χ0n) is 11.0. The van der Waals surface area contributed by atoms with E-state index < -0.39 is 6.10 Å². The van der Waals surface area contributed by atoms with Gasteiger partial charge in [0, 0.05) is 0 Å². The van der Waals surface area contributed by atoms with Crippen LogP contribution in [0.4, 0.5) is 0 Å². The van der Waals surface area contributed by atoms with Gasteiger partial charge < -0.3 is 9.84 Å². The van der Waals surface area contributed by atoms with Crippen LogP contribution >= 0.6 is 11.6 Å². The van der Waals surface area contributed by atoms with E-state index in [1.54, 1.807) is 19.2 Å². The Labute approximate surface area is 109 Å². The van der Waals surface area contributed by atoms with Gasteiger partial charge in [0.05, 0.1) is 18.2 Å². The molecule has 1 rings (SSSR count). The van der Waals surface area contributed by atoms with E-state index in [4.69, 9.17) is 16.3 Å². The summed E-state index contributed by atoms with van der Waals surface area (Å²) in [6.07, 6.45) is 1.25. The van der Waals surface area contributed by atoms with Gasteiger partial charge >= 0.3 is 0 Å². The van der Waals surface area contributed by atoms with Gasteiger partial charge in [-0.3, -0.25) is 0 Å². The molecule has 1 N–H and O–H groups in total. The van der Waals surface area contributed by atoms with Gasteiger partial charge in [0.25, 0.3) is 0 Å². The van der Waals surface area contributed by atoms with Crippen molar-refractivity contribution in [2.75, 3.05) is 7.11 Å². The highest BCUT2D eigenvalue weighted by Gasteiger charge is 2.15. The smallest absolute Gasteiger partial charge is 0.137 e. The van der Waals surface area contributed by atoms with Crippen LogP contribution in [-0.2, 0) is 0 Å². The second-order valence-corrected chi connectivity index (χ2v) is 5.92. The molecule has 3 heteroatoms. The third-order valence-electron chi connectivity index (χ3n) is 2.73. The second-order valence-electron chi connectivity index (χ2n) is 5.51. The van der Waals surface area contributed by atoms with Crippen LogP contribution in [0.5, 0.6) is 5.75 Å². The van der Waals surface area contributed by atoms with Crippen molar-refractivity contribution in [2.45, 2.75) is 39.7 Å². The largest absolute Gasteiger partial charge is 0.495 e. The van der Waals surface area contributed by atoms with E-state index in [1.807, 2.05) is 6.07 Å². The van der Waals surface area contributed by atoms with Gasteiger partial charge in [-0.15, -0.1) is 0 Å². The van der Waals surface area contributed by atoms with Gasteiger partial charge in [-0.2, -0.15) is 0 Å². The minimum absolute atomic E-state index is 0.233. The van der Waals surface area contributed by atoms with Crippen molar-refractivity contribution >= 4 is 11.6 Å². The molecule has 0 fully saturated rings. The molecule has 0 bridgehead atoms. The van der Waals surface area contributed by atoms with Crippen LogP contribution < -0.4 is 4.74 Å². The molecule has 1 unspecified atom stereocenters. The molecule has 0 aliphatic rings. The van der Waals surface area contributed by atoms with Crippen molar-refractivity contribution in [2.24, 2.45) is 5.41 Å². The number of benzene rings is 1. The Morgan fingerprint density at radius 3 is 2.47 bits per heavy atom. The van der Waals surface area contributed by atoms with Crippen LogP contribution in [0.3, 0.4) is 0 Å². The summed E-state index contributed by atoms with van der Waals surface area (Å²) in [6, 6.07) is 5.42. The van der Waals surface area contributed by atoms with Crippen LogP contribution in [0.15, 0.2) is 18.2 Å². The highest BCUT2D eigenvalue weighted by Crippen LogP contribution is 2.31. The molecule has 0 heterocycles. The first kappa shape index (κ1) is 14.3. The molecular weight excluding hydrogens is 236 g/mol. The molecule has 1 aromatic rings. The number of methoxy groups -OCH3 is 1. The number of rotatable bonds is 4. The maximum Gasteiger partial charge on any atom is 0.137 e. The summed E-state index contributed by atoms with van der Waals surface area (Å²) in [5.74, 6) is 0.637. The summed E-state index contributed by atoms with van der Waals surface area (Å²) >= 11 is 6.03. The second kappa shape index (κ2) is 5.74. The lowest BCUT2D eigenvalue weighted by Crippen LogP contribution is -2.08. The van der Waals surface area contributed by atoms with Crippen molar-refractivity contribution in [1.82, 2.24) is 0 Å². The Kier molecular flexibility index (Phi) is 4.84. The fourth-order valence-electron chi connectivity index (χ4n) is 1.63. The maximum absolute atomic E-state index is 10.1. The predicted octanol–water partition coefficient (Wildman–Crippen LogP) is 4.21. The molecule has 0 amide bonds. The number of halogens is 1. The Morgan fingerprint density at radius 1 is 1.35 bits per heavy atom. The van der Waals surface area contributed by atoms with Crippen molar-refractivity contribution in [1.29, 1.82) is 0 Å². The molecule has 0 aliphatic heterocycles. The standard InChI is InChI=1S/C14H21ClO2/c1-14(2,3)8-7-12(16)10-5-6-13(17-4)11(15)9-10/h5-6,9,12,16H,7-8H2,1-4H3. The summed E-state index contributed by atoms with van der Waals surface area (Å²) in [7, 11) is 1.58. The van der Waals surface area contributed by atoms with Gasteiger partial charge in [0.1, 0.15) is 5.75 Å². The molecule has 17 heavy (non-hydrogen) atoms. The molecule has 2 nitrogen and oxygen atoms in total. The zero-order valence-corrected chi connectivity index (χ0v) is 11.7. The van der Waals surface area contributed by atoms with E-state index >= 15 is 0 Å². The summed E-state index contributed by atoms with van der Waals surface area (Å²) < 4.78 is 5.08. The number of hydrogen-bond acceptors (Lipinski definition) is 2. The Balaban J connectivity index is 2.69.